The highest BCUT2D eigenvalue weighted by molar-refractivity contribution is 5.97. The van der Waals surface area contributed by atoms with Crippen LogP contribution in [0, 0.1) is 13.8 Å². The normalized spacial score (nSPS) is 16.2. The Hall–Kier alpha value is -2.96. The van der Waals surface area contributed by atoms with Crippen LogP contribution < -0.4 is 10.2 Å². The first-order chi connectivity index (χ1) is 12.8. The smallest absolute Gasteiger partial charge is 0.241 e. The lowest BCUT2D eigenvalue weighted by atomic mass is 9.89. The first-order valence-corrected chi connectivity index (χ1v) is 8.96. The summed E-state index contributed by atoms with van der Waals surface area (Å²) in [6, 6.07) is 7.76. The molecule has 142 valence electrons. The SMILES string of the molecule is CC(=O)c1c(C)nn(CC(=O)NCC2CC(=O)N(C)c3ccccc32)c1C. The van der Waals surface area contributed by atoms with Crippen LogP contribution in [0.5, 0.6) is 0 Å². The zero-order valence-electron chi connectivity index (χ0n) is 16.1. The van der Waals surface area contributed by atoms with Gasteiger partial charge in [0, 0.05) is 37.3 Å². The van der Waals surface area contributed by atoms with Crippen LogP contribution in [0.25, 0.3) is 0 Å². The van der Waals surface area contributed by atoms with E-state index >= 15 is 0 Å². The van der Waals surface area contributed by atoms with E-state index in [1.54, 1.807) is 30.5 Å². The highest BCUT2D eigenvalue weighted by atomic mass is 16.2. The number of benzene rings is 1. The van der Waals surface area contributed by atoms with Gasteiger partial charge < -0.3 is 10.2 Å². The fourth-order valence-corrected chi connectivity index (χ4v) is 3.70. The van der Waals surface area contributed by atoms with Crippen molar-refractivity contribution in [2.24, 2.45) is 0 Å². The van der Waals surface area contributed by atoms with Gasteiger partial charge in [-0.15, -0.1) is 0 Å². The molecule has 0 spiro atoms. The third-order valence-corrected chi connectivity index (χ3v) is 5.11. The summed E-state index contributed by atoms with van der Waals surface area (Å²) in [6.07, 6.45) is 0.363. The van der Waals surface area contributed by atoms with E-state index in [-0.39, 0.29) is 30.1 Å². The maximum atomic E-state index is 12.4. The lowest BCUT2D eigenvalue weighted by molar-refractivity contribution is -0.123. The van der Waals surface area contributed by atoms with Gasteiger partial charge in [0.05, 0.1) is 11.3 Å². The minimum atomic E-state index is -0.195. The fraction of sp³-hybridized carbons (Fsp3) is 0.400. The molecule has 1 unspecified atom stereocenters. The van der Waals surface area contributed by atoms with E-state index in [1.165, 1.54) is 6.92 Å². The van der Waals surface area contributed by atoms with E-state index in [2.05, 4.69) is 10.4 Å². The summed E-state index contributed by atoms with van der Waals surface area (Å²) < 4.78 is 1.55. The van der Waals surface area contributed by atoms with Crippen molar-refractivity contribution in [1.29, 1.82) is 0 Å². The van der Waals surface area contributed by atoms with E-state index in [1.807, 2.05) is 24.3 Å². The van der Waals surface area contributed by atoms with E-state index < -0.39 is 0 Å². The van der Waals surface area contributed by atoms with Crippen molar-refractivity contribution >= 4 is 23.3 Å². The number of hydrogen-bond donors (Lipinski definition) is 1. The van der Waals surface area contributed by atoms with Crippen LogP contribution in [0.2, 0.25) is 0 Å². The highest BCUT2D eigenvalue weighted by Gasteiger charge is 2.29. The van der Waals surface area contributed by atoms with Crippen molar-refractivity contribution in [2.45, 2.75) is 39.7 Å². The van der Waals surface area contributed by atoms with E-state index in [4.69, 9.17) is 0 Å². The lowest BCUT2D eigenvalue weighted by Crippen LogP contribution is -2.38. The summed E-state index contributed by atoms with van der Waals surface area (Å²) >= 11 is 0. The Bertz CT molecular complexity index is 916. The first-order valence-electron chi connectivity index (χ1n) is 8.96. The zero-order valence-corrected chi connectivity index (χ0v) is 16.1. The molecule has 1 aliphatic heterocycles. The Morgan fingerprint density at radius 3 is 2.63 bits per heavy atom. The Balaban J connectivity index is 1.68. The number of ketones is 1. The van der Waals surface area contributed by atoms with Crippen LogP contribution >= 0.6 is 0 Å². The van der Waals surface area contributed by atoms with E-state index in [0.29, 0.717) is 29.9 Å². The van der Waals surface area contributed by atoms with Crippen LogP contribution in [0.15, 0.2) is 24.3 Å². The Labute approximate surface area is 158 Å². The van der Waals surface area contributed by atoms with Gasteiger partial charge in [-0.2, -0.15) is 5.10 Å². The summed E-state index contributed by atoms with van der Waals surface area (Å²) in [5.41, 5.74) is 3.83. The molecule has 2 aromatic rings. The molecule has 0 saturated carbocycles. The maximum absolute atomic E-state index is 12.4. The number of fused-ring (bicyclic) bond motifs is 1. The van der Waals surface area contributed by atoms with Crippen molar-refractivity contribution < 1.29 is 14.4 Å². The average molecular weight is 368 g/mol. The number of hydrogen-bond acceptors (Lipinski definition) is 4. The number of nitrogens with zero attached hydrogens (tertiary/aromatic N) is 3. The number of aromatic nitrogens is 2. The molecule has 3 rings (SSSR count). The Morgan fingerprint density at radius 1 is 1.26 bits per heavy atom. The van der Waals surface area contributed by atoms with Crippen LogP contribution in [0.4, 0.5) is 5.69 Å². The maximum Gasteiger partial charge on any atom is 0.241 e. The van der Waals surface area contributed by atoms with E-state index in [9.17, 15) is 14.4 Å². The molecule has 1 aromatic carbocycles. The second kappa shape index (κ2) is 7.34. The van der Waals surface area contributed by atoms with Crippen molar-refractivity contribution in [3.8, 4) is 0 Å². The van der Waals surface area contributed by atoms with Gasteiger partial charge in [-0.3, -0.25) is 19.1 Å². The number of anilines is 1. The number of amides is 2. The first kappa shape index (κ1) is 18.8. The number of carbonyl (C=O) groups is 3. The second-order valence-electron chi connectivity index (χ2n) is 6.98. The zero-order chi connectivity index (χ0) is 19.7. The summed E-state index contributed by atoms with van der Waals surface area (Å²) in [7, 11) is 1.77. The number of carbonyl (C=O) groups excluding carboxylic acids is 3. The predicted octanol–water partition coefficient (Wildman–Crippen LogP) is 1.97. The Kier molecular flexibility index (Phi) is 5.12. The third-order valence-electron chi connectivity index (χ3n) is 5.11. The molecular weight excluding hydrogens is 344 g/mol. The number of nitrogens with one attached hydrogen (secondary N) is 1. The van der Waals surface area contributed by atoms with Crippen LogP contribution in [0.1, 0.15) is 46.6 Å². The minimum absolute atomic E-state index is 0.0394. The van der Waals surface area contributed by atoms with Crippen molar-refractivity contribution in [1.82, 2.24) is 15.1 Å². The van der Waals surface area contributed by atoms with E-state index in [0.717, 1.165) is 11.3 Å². The molecule has 1 N–H and O–H groups in total. The second-order valence-corrected chi connectivity index (χ2v) is 6.98. The monoisotopic (exact) mass is 368 g/mol. The lowest BCUT2D eigenvalue weighted by Gasteiger charge is -2.31. The number of Topliss-reactive ketones (excluding diaryl/α,β-unsaturated/α-hetero) is 1. The summed E-state index contributed by atoms with van der Waals surface area (Å²) in [5, 5.41) is 7.21. The number of aryl methyl sites for hydroxylation is 1. The molecule has 2 heterocycles. The quantitative estimate of drug-likeness (QED) is 0.818. The molecule has 2 amide bonds. The van der Waals surface area contributed by atoms with Crippen LogP contribution in [-0.2, 0) is 16.1 Å². The molecule has 27 heavy (non-hydrogen) atoms. The van der Waals surface area contributed by atoms with Crippen molar-refractivity contribution in [3.63, 3.8) is 0 Å². The molecule has 0 bridgehead atoms. The Morgan fingerprint density at radius 2 is 1.96 bits per heavy atom. The van der Waals surface area contributed by atoms with Gasteiger partial charge in [0.2, 0.25) is 11.8 Å². The predicted molar refractivity (Wildman–Crippen MR) is 102 cm³/mol. The number of rotatable bonds is 5. The minimum Gasteiger partial charge on any atom is -0.354 e. The summed E-state index contributed by atoms with van der Waals surface area (Å²) in [4.78, 5) is 38.0. The molecule has 0 aliphatic carbocycles. The highest BCUT2D eigenvalue weighted by Crippen LogP contribution is 2.34. The third kappa shape index (κ3) is 3.63. The van der Waals surface area contributed by atoms with Crippen molar-refractivity contribution in [3.05, 3.63) is 46.8 Å². The van der Waals surface area contributed by atoms with Gasteiger partial charge in [0.1, 0.15) is 6.54 Å². The molecule has 0 radical (unpaired) electrons. The van der Waals surface area contributed by atoms with Crippen molar-refractivity contribution in [2.75, 3.05) is 18.5 Å². The van der Waals surface area contributed by atoms with Gasteiger partial charge in [0.15, 0.2) is 5.78 Å². The molecule has 7 heteroatoms. The number of para-hydroxylation sites is 1. The summed E-state index contributed by atoms with van der Waals surface area (Å²) in [5.74, 6) is -0.266. The van der Waals surface area contributed by atoms with Gasteiger partial charge in [-0.25, -0.2) is 0 Å². The van der Waals surface area contributed by atoms with Gasteiger partial charge in [0.25, 0.3) is 0 Å². The fourth-order valence-electron chi connectivity index (χ4n) is 3.70. The molecule has 1 aliphatic rings. The molecular formula is C20H24N4O3. The molecule has 1 aromatic heterocycles. The van der Waals surface area contributed by atoms with Gasteiger partial charge >= 0.3 is 0 Å². The topological polar surface area (TPSA) is 84.3 Å². The molecule has 0 fully saturated rings. The average Bonchev–Trinajstić information content (AvgIpc) is 2.90. The van der Waals surface area contributed by atoms with Gasteiger partial charge in [-0.1, -0.05) is 18.2 Å². The summed E-state index contributed by atoms with van der Waals surface area (Å²) in [6.45, 7) is 5.47. The van der Waals surface area contributed by atoms with Crippen LogP contribution in [-0.4, -0.2) is 41.0 Å². The molecule has 0 saturated heterocycles. The molecule has 7 nitrogen and oxygen atoms in total. The van der Waals surface area contributed by atoms with Gasteiger partial charge in [-0.05, 0) is 32.4 Å². The largest absolute Gasteiger partial charge is 0.354 e. The standard InChI is InChI=1S/C20H24N4O3/c1-12-20(14(3)25)13(2)24(22-12)11-18(26)21-10-15-9-19(27)23(4)17-8-6-5-7-16(15)17/h5-8,15H,9-11H2,1-4H3,(H,21,26). The van der Waals surface area contributed by atoms with Crippen LogP contribution in [0.3, 0.4) is 0 Å². The molecule has 1 atom stereocenters.